The minimum Gasteiger partial charge on any atom is -0.480 e. The monoisotopic (exact) mass is 576 g/mol. The van der Waals surface area contributed by atoms with Gasteiger partial charge in [0.1, 0.15) is 6.54 Å². The van der Waals surface area contributed by atoms with Crippen LogP contribution < -0.4 is 10.6 Å². The molecule has 9 nitrogen and oxygen atoms in total. The van der Waals surface area contributed by atoms with Crippen molar-refractivity contribution in [3.63, 3.8) is 0 Å². The number of aliphatic carboxylic acids is 1. The Morgan fingerprint density at radius 1 is 0.975 bits per heavy atom. The SMILES string of the molecule is CN/C(=N\O)c1ccc(CN(CC(=O)O)C(=O)c2ccc(NC(=O)Cc3ccc(Cl)cc3C(F)(F)F)cc2)cc1. The van der Waals surface area contributed by atoms with E-state index in [0.717, 1.165) is 17.0 Å². The second-order valence-electron chi connectivity index (χ2n) is 8.55. The molecular formula is C27H24ClF3N4O5. The van der Waals surface area contributed by atoms with Gasteiger partial charge >= 0.3 is 12.1 Å². The van der Waals surface area contributed by atoms with Gasteiger partial charge in [-0.15, -0.1) is 0 Å². The van der Waals surface area contributed by atoms with Crippen molar-refractivity contribution >= 4 is 40.9 Å². The maximum Gasteiger partial charge on any atom is 0.416 e. The average molecular weight is 577 g/mol. The van der Waals surface area contributed by atoms with E-state index < -0.39 is 42.5 Å². The second-order valence-corrected chi connectivity index (χ2v) is 8.99. The Kier molecular flexibility index (Phi) is 9.73. The minimum absolute atomic E-state index is 0.0301. The third-order valence-electron chi connectivity index (χ3n) is 5.69. The Morgan fingerprint density at radius 3 is 2.15 bits per heavy atom. The zero-order valence-electron chi connectivity index (χ0n) is 21.0. The smallest absolute Gasteiger partial charge is 0.416 e. The predicted octanol–water partition coefficient (Wildman–Crippen LogP) is 4.62. The van der Waals surface area contributed by atoms with Crippen molar-refractivity contribution in [2.75, 3.05) is 18.9 Å². The van der Waals surface area contributed by atoms with Gasteiger partial charge in [-0.3, -0.25) is 14.4 Å². The molecule has 13 heteroatoms. The third-order valence-corrected chi connectivity index (χ3v) is 5.93. The molecule has 3 rings (SSSR count). The summed E-state index contributed by atoms with van der Waals surface area (Å²) in [5, 5.41) is 26.5. The molecular weight excluding hydrogens is 553 g/mol. The summed E-state index contributed by atoms with van der Waals surface area (Å²) in [6, 6.07) is 15.3. The van der Waals surface area contributed by atoms with E-state index in [1.807, 2.05) is 0 Å². The maximum absolute atomic E-state index is 13.3. The Balaban J connectivity index is 1.70. The quantitative estimate of drug-likeness (QED) is 0.127. The van der Waals surface area contributed by atoms with Crippen LogP contribution >= 0.6 is 11.6 Å². The van der Waals surface area contributed by atoms with Crippen LogP contribution in [0.15, 0.2) is 71.9 Å². The number of nitrogens with zero attached hydrogens (tertiary/aromatic N) is 2. The van der Waals surface area contributed by atoms with Gasteiger partial charge < -0.3 is 25.8 Å². The number of oxime groups is 1. The molecule has 0 bridgehead atoms. The number of hydrogen-bond acceptors (Lipinski definition) is 5. The van der Waals surface area contributed by atoms with Crippen LogP contribution in [-0.2, 0) is 28.7 Å². The highest BCUT2D eigenvalue weighted by atomic mass is 35.5. The summed E-state index contributed by atoms with van der Waals surface area (Å²) in [5.74, 6) is -2.30. The van der Waals surface area contributed by atoms with E-state index in [2.05, 4.69) is 15.8 Å². The average Bonchev–Trinajstić information content (AvgIpc) is 2.90. The van der Waals surface area contributed by atoms with Crippen LogP contribution in [0, 0.1) is 0 Å². The van der Waals surface area contributed by atoms with Gasteiger partial charge in [-0.1, -0.05) is 47.1 Å². The lowest BCUT2D eigenvalue weighted by atomic mass is 10.0. The summed E-state index contributed by atoms with van der Waals surface area (Å²) in [5.41, 5.74) is 0.315. The first-order valence-electron chi connectivity index (χ1n) is 11.7. The molecule has 0 saturated heterocycles. The molecule has 0 radical (unpaired) electrons. The number of rotatable bonds is 9. The Bertz CT molecular complexity index is 1410. The van der Waals surface area contributed by atoms with Crippen LogP contribution in [0.25, 0.3) is 0 Å². The number of carboxylic acids is 1. The number of amidine groups is 1. The van der Waals surface area contributed by atoms with Crippen molar-refractivity contribution in [2.45, 2.75) is 19.1 Å². The van der Waals surface area contributed by atoms with Crippen LogP contribution in [-0.4, -0.2) is 52.4 Å². The number of carbonyl (C=O) groups is 3. The lowest BCUT2D eigenvalue weighted by Crippen LogP contribution is -2.35. The van der Waals surface area contributed by atoms with Crippen molar-refractivity contribution in [3.8, 4) is 0 Å². The van der Waals surface area contributed by atoms with E-state index in [9.17, 15) is 32.7 Å². The first-order chi connectivity index (χ1) is 18.9. The summed E-state index contributed by atoms with van der Waals surface area (Å²) in [6.07, 6.45) is -5.24. The highest BCUT2D eigenvalue weighted by Gasteiger charge is 2.34. The molecule has 0 atom stereocenters. The molecule has 0 aliphatic carbocycles. The van der Waals surface area contributed by atoms with Gasteiger partial charge in [0.2, 0.25) is 5.91 Å². The lowest BCUT2D eigenvalue weighted by molar-refractivity contribution is -0.139. The molecule has 3 aromatic carbocycles. The van der Waals surface area contributed by atoms with E-state index >= 15 is 0 Å². The van der Waals surface area contributed by atoms with E-state index in [1.165, 1.54) is 30.3 Å². The van der Waals surface area contributed by atoms with E-state index in [1.54, 1.807) is 31.3 Å². The summed E-state index contributed by atoms with van der Waals surface area (Å²) >= 11 is 5.67. The van der Waals surface area contributed by atoms with Crippen molar-refractivity contribution in [1.29, 1.82) is 0 Å². The summed E-state index contributed by atoms with van der Waals surface area (Å²) < 4.78 is 39.9. The highest BCUT2D eigenvalue weighted by molar-refractivity contribution is 6.30. The molecule has 40 heavy (non-hydrogen) atoms. The van der Waals surface area contributed by atoms with Gasteiger partial charge in [-0.25, -0.2) is 0 Å². The molecule has 3 aromatic rings. The number of nitrogens with one attached hydrogen (secondary N) is 2. The second kappa shape index (κ2) is 13.0. The van der Waals surface area contributed by atoms with Crippen LogP contribution in [0.2, 0.25) is 5.02 Å². The van der Waals surface area contributed by atoms with Crippen molar-refractivity contribution in [2.24, 2.45) is 5.16 Å². The number of carboxylic acid groups (broad SMARTS) is 1. The van der Waals surface area contributed by atoms with E-state index in [-0.39, 0.29) is 34.2 Å². The molecule has 0 aliphatic rings. The zero-order valence-corrected chi connectivity index (χ0v) is 21.8. The minimum atomic E-state index is -4.68. The topological polar surface area (TPSA) is 131 Å². The van der Waals surface area contributed by atoms with Crippen molar-refractivity contribution in [1.82, 2.24) is 10.2 Å². The molecule has 0 saturated carbocycles. The van der Waals surface area contributed by atoms with Gasteiger partial charge in [0.25, 0.3) is 5.91 Å². The molecule has 0 fully saturated rings. The lowest BCUT2D eigenvalue weighted by Gasteiger charge is -2.21. The van der Waals surface area contributed by atoms with Gasteiger partial charge in [0.05, 0.1) is 12.0 Å². The molecule has 0 aromatic heterocycles. The largest absolute Gasteiger partial charge is 0.480 e. The first-order valence-corrected chi connectivity index (χ1v) is 12.0. The molecule has 0 heterocycles. The summed E-state index contributed by atoms with van der Waals surface area (Å²) in [4.78, 5) is 38.0. The summed E-state index contributed by atoms with van der Waals surface area (Å²) in [6.45, 7) is -0.612. The van der Waals surface area contributed by atoms with Gasteiger partial charge in [0.15, 0.2) is 5.84 Å². The number of carbonyl (C=O) groups excluding carboxylic acids is 2. The normalized spacial score (nSPS) is 11.6. The summed E-state index contributed by atoms with van der Waals surface area (Å²) in [7, 11) is 1.58. The number of hydrogen-bond donors (Lipinski definition) is 4. The maximum atomic E-state index is 13.3. The van der Waals surface area contributed by atoms with Crippen molar-refractivity contribution < 1.29 is 37.9 Å². The number of amides is 2. The molecule has 4 N–H and O–H groups in total. The highest BCUT2D eigenvalue weighted by Crippen LogP contribution is 2.34. The van der Waals surface area contributed by atoms with Crippen LogP contribution in [0.1, 0.15) is 32.6 Å². The van der Waals surface area contributed by atoms with E-state index in [0.29, 0.717) is 11.1 Å². The molecule has 0 spiro atoms. The Morgan fingerprint density at radius 2 is 1.60 bits per heavy atom. The Labute approximate surface area is 231 Å². The number of alkyl halides is 3. The predicted molar refractivity (Wildman–Crippen MR) is 141 cm³/mol. The fourth-order valence-electron chi connectivity index (χ4n) is 3.83. The number of halogens is 4. The number of benzene rings is 3. The molecule has 2 amide bonds. The standard InChI is InChI=1S/C27H24ClF3N4O5/c1-32-25(34-40)17-4-2-16(3-5-17)14-35(15-24(37)38)26(39)18-7-10-21(11-8-18)33-23(36)12-19-6-9-20(28)13-22(19)27(29,30)31/h2-11,13,40H,12,14-15H2,1H3,(H,32,34)(H,33,36)(H,37,38). The fourth-order valence-corrected chi connectivity index (χ4v) is 4.00. The Hall–Kier alpha value is -4.58. The van der Waals surface area contributed by atoms with Gasteiger partial charge in [0, 0.05) is 35.4 Å². The molecule has 0 unspecified atom stereocenters. The van der Waals surface area contributed by atoms with Gasteiger partial charge in [-0.05, 0) is 47.5 Å². The van der Waals surface area contributed by atoms with Crippen molar-refractivity contribution in [3.05, 3.63) is 99.6 Å². The molecule has 210 valence electrons. The zero-order chi connectivity index (χ0) is 29.4. The molecule has 0 aliphatic heterocycles. The van der Waals surface area contributed by atoms with Gasteiger partial charge in [-0.2, -0.15) is 13.2 Å². The van der Waals surface area contributed by atoms with Crippen LogP contribution in [0.3, 0.4) is 0 Å². The van der Waals surface area contributed by atoms with E-state index in [4.69, 9.17) is 16.8 Å². The first kappa shape index (κ1) is 30.0. The number of anilines is 1. The third kappa shape index (κ3) is 7.96. The van der Waals surface area contributed by atoms with Crippen LogP contribution in [0.5, 0.6) is 0 Å². The van der Waals surface area contributed by atoms with Crippen LogP contribution in [0.4, 0.5) is 18.9 Å². The fraction of sp³-hybridized carbons (Fsp3) is 0.185.